The van der Waals surface area contributed by atoms with E-state index in [-0.39, 0.29) is 5.56 Å². The lowest BCUT2D eigenvalue weighted by atomic mass is 10.0. The molecule has 1 aromatic heterocycles. The number of piperazine rings is 1. The second-order valence-corrected chi connectivity index (χ2v) is 8.18. The standard InChI is InChI=1S/C23H25N3O/c1-14-11-26(12-15(2)24-14)13-16-7-8-18-17(9-16)10-21-19-5-3-4-6-20(19)23(27)25-22(18)21/h3-9,14-15,24H,10-13H2,1-2H3,(H,25,27). The Morgan fingerprint density at radius 3 is 2.56 bits per heavy atom. The molecule has 1 saturated heterocycles. The van der Waals surface area contributed by atoms with E-state index in [0.717, 1.165) is 42.5 Å². The number of hydrogen-bond acceptors (Lipinski definition) is 3. The fourth-order valence-corrected chi connectivity index (χ4v) is 4.90. The van der Waals surface area contributed by atoms with E-state index >= 15 is 0 Å². The van der Waals surface area contributed by atoms with Crippen LogP contribution in [0.5, 0.6) is 0 Å². The first-order valence-electron chi connectivity index (χ1n) is 9.83. The number of aromatic amines is 1. The van der Waals surface area contributed by atoms with Crippen molar-refractivity contribution in [2.24, 2.45) is 0 Å². The van der Waals surface area contributed by atoms with Crippen molar-refractivity contribution >= 4 is 10.8 Å². The van der Waals surface area contributed by atoms with Gasteiger partial charge in [0.25, 0.3) is 5.56 Å². The van der Waals surface area contributed by atoms with E-state index in [0.29, 0.717) is 12.1 Å². The topological polar surface area (TPSA) is 48.1 Å². The minimum Gasteiger partial charge on any atom is -0.321 e. The maximum Gasteiger partial charge on any atom is 0.256 e. The third-order valence-electron chi connectivity index (χ3n) is 5.88. The lowest BCUT2D eigenvalue weighted by Crippen LogP contribution is -2.53. The summed E-state index contributed by atoms with van der Waals surface area (Å²) >= 11 is 0. The van der Waals surface area contributed by atoms with Crippen LogP contribution in [0.15, 0.2) is 47.3 Å². The number of rotatable bonds is 2. The maximum atomic E-state index is 12.5. The van der Waals surface area contributed by atoms with Crippen molar-refractivity contribution in [3.8, 4) is 11.3 Å². The van der Waals surface area contributed by atoms with E-state index < -0.39 is 0 Å². The summed E-state index contributed by atoms with van der Waals surface area (Å²) in [6, 6.07) is 15.7. The molecule has 2 N–H and O–H groups in total. The molecule has 1 aliphatic heterocycles. The molecule has 2 aliphatic rings. The van der Waals surface area contributed by atoms with E-state index in [9.17, 15) is 4.79 Å². The molecule has 2 unspecified atom stereocenters. The van der Waals surface area contributed by atoms with Crippen LogP contribution in [0.1, 0.15) is 30.5 Å². The summed E-state index contributed by atoms with van der Waals surface area (Å²) in [6.45, 7) is 7.66. The highest BCUT2D eigenvalue weighted by Gasteiger charge is 2.24. The van der Waals surface area contributed by atoms with Crippen molar-refractivity contribution < 1.29 is 0 Å². The molecule has 138 valence electrons. The van der Waals surface area contributed by atoms with E-state index in [1.165, 1.54) is 22.3 Å². The van der Waals surface area contributed by atoms with Crippen molar-refractivity contribution in [1.82, 2.24) is 15.2 Å². The van der Waals surface area contributed by atoms with Gasteiger partial charge < -0.3 is 10.3 Å². The summed E-state index contributed by atoms with van der Waals surface area (Å²) in [4.78, 5) is 18.1. The van der Waals surface area contributed by atoms with Gasteiger partial charge in [0.15, 0.2) is 0 Å². The molecule has 0 saturated carbocycles. The van der Waals surface area contributed by atoms with Gasteiger partial charge >= 0.3 is 0 Å². The first kappa shape index (κ1) is 16.7. The molecule has 27 heavy (non-hydrogen) atoms. The zero-order valence-corrected chi connectivity index (χ0v) is 15.9. The number of fused-ring (bicyclic) bond motifs is 5. The Balaban J connectivity index is 1.48. The number of nitrogens with one attached hydrogen (secondary N) is 2. The average Bonchev–Trinajstić information content (AvgIpc) is 2.99. The molecule has 1 fully saturated rings. The fraction of sp³-hybridized carbons (Fsp3) is 0.348. The van der Waals surface area contributed by atoms with Crippen LogP contribution in [-0.4, -0.2) is 35.1 Å². The molecule has 0 radical (unpaired) electrons. The van der Waals surface area contributed by atoms with Gasteiger partial charge in [0, 0.05) is 49.1 Å². The predicted molar refractivity (Wildman–Crippen MR) is 110 cm³/mol. The Morgan fingerprint density at radius 2 is 1.78 bits per heavy atom. The summed E-state index contributed by atoms with van der Waals surface area (Å²) in [5.41, 5.74) is 6.12. The summed E-state index contributed by atoms with van der Waals surface area (Å²) in [7, 11) is 0. The van der Waals surface area contributed by atoms with Gasteiger partial charge in [-0.3, -0.25) is 9.69 Å². The molecule has 2 aromatic carbocycles. The zero-order chi connectivity index (χ0) is 18.5. The summed E-state index contributed by atoms with van der Waals surface area (Å²) in [5, 5.41) is 5.46. The lowest BCUT2D eigenvalue weighted by molar-refractivity contribution is 0.166. The minimum atomic E-state index is 0.00469. The molecule has 5 rings (SSSR count). The number of benzene rings is 2. The van der Waals surface area contributed by atoms with Gasteiger partial charge in [-0.2, -0.15) is 0 Å². The highest BCUT2D eigenvalue weighted by atomic mass is 16.1. The summed E-state index contributed by atoms with van der Waals surface area (Å²) in [6.07, 6.45) is 0.893. The minimum absolute atomic E-state index is 0.00469. The second-order valence-electron chi connectivity index (χ2n) is 8.18. The SMILES string of the molecule is CC1CN(Cc2ccc3c(c2)Cc2c-3[nH]c(=O)c3ccccc23)CC(C)N1. The zero-order valence-electron chi connectivity index (χ0n) is 15.9. The average molecular weight is 359 g/mol. The van der Waals surface area contributed by atoms with Crippen LogP contribution in [-0.2, 0) is 13.0 Å². The van der Waals surface area contributed by atoms with Gasteiger partial charge in [0.05, 0.1) is 5.69 Å². The molecule has 3 aromatic rings. The van der Waals surface area contributed by atoms with Gasteiger partial charge in [-0.25, -0.2) is 0 Å². The highest BCUT2D eigenvalue weighted by molar-refractivity contribution is 5.92. The summed E-state index contributed by atoms with van der Waals surface area (Å²) < 4.78 is 0. The molecule has 0 amide bonds. The van der Waals surface area contributed by atoms with Crippen molar-refractivity contribution in [2.75, 3.05) is 13.1 Å². The fourth-order valence-electron chi connectivity index (χ4n) is 4.90. The van der Waals surface area contributed by atoms with Crippen LogP contribution in [0.25, 0.3) is 22.0 Å². The normalized spacial score (nSPS) is 22.0. The number of hydrogen-bond donors (Lipinski definition) is 2. The summed E-state index contributed by atoms with van der Waals surface area (Å²) in [5.74, 6) is 0. The molecule has 0 bridgehead atoms. The van der Waals surface area contributed by atoms with Crippen molar-refractivity contribution in [3.05, 3.63) is 69.5 Å². The number of nitrogens with zero attached hydrogens (tertiary/aromatic N) is 1. The van der Waals surface area contributed by atoms with Crippen molar-refractivity contribution in [3.63, 3.8) is 0 Å². The lowest BCUT2D eigenvalue weighted by Gasteiger charge is -2.36. The molecular weight excluding hydrogens is 334 g/mol. The van der Waals surface area contributed by atoms with E-state index in [2.05, 4.69) is 53.3 Å². The number of aromatic nitrogens is 1. The molecule has 1 aliphatic carbocycles. The van der Waals surface area contributed by atoms with Gasteiger partial charge in [-0.05, 0) is 42.0 Å². The van der Waals surface area contributed by atoms with Crippen LogP contribution in [0.2, 0.25) is 0 Å². The molecular formula is C23H25N3O. The molecule has 2 atom stereocenters. The molecule has 4 heteroatoms. The maximum absolute atomic E-state index is 12.5. The van der Waals surface area contributed by atoms with Crippen molar-refractivity contribution in [2.45, 2.75) is 38.9 Å². The quantitative estimate of drug-likeness (QED) is 0.577. The smallest absolute Gasteiger partial charge is 0.256 e. The van der Waals surface area contributed by atoms with Gasteiger partial charge in [0.2, 0.25) is 0 Å². The molecule has 4 nitrogen and oxygen atoms in total. The van der Waals surface area contributed by atoms with Crippen LogP contribution < -0.4 is 10.9 Å². The van der Waals surface area contributed by atoms with Gasteiger partial charge in [-0.15, -0.1) is 0 Å². The first-order chi connectivity index (χ1) is 13.1. The van der Waals surface area contributed by atoms with E-state index in [4.69, 9.17) is 0 Å². The van der Waals surface area contributed by atoms with E-state index in [1.807, 2.05) is 18.2 Å². The highest BCUT2D eigenvalue weighted by Crippen LogP contribution is 2.38. The Bertz CT molecular complexity index is 1070. The van der Waals surface area contributed by atoms with Crippen LogP contribution >= 0.6 is 0 Å². The Kier molecular flexibility index (Phi) is 3.92. The largest absolute Gasteiger partial charge is 0.321 e. The van der Waals surface area contributed by atoms with E-state index in [1.54, 1.807) is 0 Å². The van der Waals surface area contributed by atoms with Crippen LogP contribution in [0.4, 0.5) is 0 Å². The molecule has 2 heterocycles. The van der Waals surface area contributed by atoms with Gasteiger partial charge in [-0.1, -0.05) is 36.4 Å². The number of H-pyrrole nitrogens is 1. The Morgan fingerprint density at radius 1 is 1.04 bits per heavy atom. The Labute approximate surface area is 159 Å². The Hall–Kier alpha value is -2.43. The van der Waals surface area contributed by atoms with Gasteiger partial charge in [0.1, 0.15) is 0 Å². The third-order valence-corrected chi connectivity index (χ3v) is 5.88. The first-order valence-corrected chi connectivity index (χ1v) is 9.83. The van der Waals surface area contributed by atoms with Crippen LogP contribution in [0.3, 0.4) is 0 Å². The molecule has 0 spiro atoms. The van der Waals surface area contributed by atoms with Crippen LogP contribution in [0, 0.1) is 0 Å². The van der Waals surface area contributed by atoms with Crippen molar-refractivity contribution in [1.29, 1.82) is 0 Å². The third kappa shape index (κ3) is 2.89. The predicted octanol–water partition coefficient (Wildman–Crippen LogP) is 3.28. The monoisotopic (exact) mass is 359 g/mol. The second kappa shape index (κ2) is 6.32. The number of pyridine rings is 1.